The zero-order chi connectivity index (χ0) is 23.0. The average molecular weight is 441 g/mol. The van der Waals surface area contributed by atoms with Crippen LogP contribution in [0.15, 0.2) is 84.9 Å². The average Bonchev–Trinajstić information content (AvgIpc) is 3.38. The second kappa shape index (κ2) is 11.0. The summed E-state index contributed by atoms with van der Waals surface area (Å²) in [5.74, 6) is 0.253. The smallest absolute Gasteiger partial charge is 0.230 e. The molecule has 0 unspecified atom stereocenters. The van der Waals surface area contributed by atoms with Crippen LogP contribution in [0.5, 0.6) is 0 Å². The van der Waals surface area contributed by atoms with Crippen molar-refractivity contribution in [2.75, 3.05) is 4.90 Å². The number of carbonyl (C=O) groups excluding carboxylic acids is 2. The van der Waals surface area contributed by atoms with Gasteiger partial charge in [-0.1, -0.05) is 85.6 Å². The molecule has 1 aliphatic carbocycles. The van der Waals surface area contributed by atoms with Gasteiger partial charge in [-0.15, -0.1) is 0 Å². The van der Waals surface area contributed by atoms with Crippen LogP contribution >= 0.6 is 0 Å². The van der Waals surface area contributed by atoms with Crippen molar-refractivity contribution in [3.8, 4) is 0 Å². The van der Waals surface area contributed by atoms with Crippen molar-refractivity contribution in [2.45, 2.75) is 51.6 Å². The molecule has 0 aliphatic heterocycles. The first-order chi connectivity index (χ1) is 16.1. The molecular formula is C29H32N2O2. The first-order valence-electron chi connectivity index (χ1n) is 11.9. The van der Waals surface area contributed by atoms with Crippen LogP contribution in [0, 0.1) is 5.92 Å². The van der Waals surface area contributed by atoms with Crippen LogP contribution in [0.25, 0.3) is 0 Å². The summed E-state index contributed by atoms with van der Waals surface area (Å²) < 4.78 is 0. The van der Waals surface area contributed by atoms with Gasteiger partial charge in [0.15, 0.2) is 0 Å². The molecule has 1 saturated carbocycles. The summed E-state index contributed by atoms with van der Waals surface area (Å²) in [6.45, 7) is 2.53. The van der Waals surface area contributed by atoms with E-state index < -0.39 is 0 Å². The van der Waals surface area contributed by atoms with E-state index in [4.69, 9.17) is 0 Å². The Morgan fingerprint density at radius 1 is 0.879 bits per heavy atom. The Morgan fingerprint density at radius 3 is 2.21 bits per heavy atom. The lowest BCUT2D eigenvalue weighted by atomic mass is 10.0. The molecule has 4 rings (SSSR count). The lowest BCUT2D eigenvalue weighted by molar-refractivity contribution is -0.122. The van der Waals surface area contributed by atoms with Crippen molar-refractivity contribution >= 4 is 17.5 Å². The SMILES string of the molecule is C[C@@H](NC(=O)Cc1cccc(N(Cc2ccccc2)C(=O)C2CCCC2)c1)c1ccccc1. The highest BCUT2D eigenvalue weighted by molar-refractivity contribution is 5.95. The lowest BCUT2D eigenvalue weighted by Crippen LogP contribution is -2.35. The molecule has 0 spiro atoms. The fraction of sp³-hybridized carbons (Fsp3) is 0.310. The van der Waals surface area contributed by atoms with Gasteiger partial charge < -0.3 is 10.2 Å². The summed E-state index contributed by atoms with van der Waals surface area (Å²) in [7, 11) is 0. The molecule has 2 amide bonds. The maximum atomic E-state index is 13.4. The highest BCUT2D eigenvalue weighted by Crippen LogP contribution is 2.30. The zero-order valence-electron chi connectivity index (χ0n) is 19.2. The number of nitrogens with one attached hydrogen (secondary N) is 1. The molecule has 1 atom stereocenters. The van der Waals surface area contributed by atoms with Gasteiger partial charge in [-0.2, -0.15) is 0 Å². The lowest BCUT2D eigenvalue weighted by Gasteiger charge is -2.26. The third kappa shape index (κ3) is 6.10. The van der Waals surface area contributed by atoms with E-state index >= 15 is 0 Å². The Hall–Kier alpha value is -3.40. The second-order valence-electron chi connectivity index (χ2n) is 8.94. The third-order valence-corrected chi connectivity index (χ3v) is 6.42. The number of carbonyl (C=O) groups is 2. The van der Waals surface area contributed by atoms with Crippen molar-refractivity contribution in [3.63, 3.8) is 0 Å². The number of nitrogens with zero attached hydrogens (tertiary/aromatic N) is 1. The maximum absolute atomic E-state index is 13.4. The van der Waals surface area contributed by atoms with E-state index in [-0.39, 0.29) is 30.2 Å². The molecule has 1 N–H and O–H groups in total. The van der Waals surface area contributed by atoms with Gasteiger partial charge in [-0.25, -0.2) is 0 Å². The molecule has 33 heavy (non-hydrogen) atoms. The topological polar surface area (TPSA) is 49.4 Å². The van der Waals surface area contributed by atoms with Crippen LogP contribution in [0.4, 0.5) is 5.69 Å². The van der Waals surface area contributed by atoms with E-state index in [1.54, 1.807) is 0 Å². The number of hydrogen-bond acceptors (Lipinski definition) is 2. The number of rotatable bonds is 8. The minimum atomic E-state index is -0.0552. The summed E-state index contributed by atoms with van der Waals surface area (Å²) in [6, 6.07) is 27.9. The number of benzene rings is 3. The van der Waals surface area contributed by atoms with Gasteiger partial charge in [0.05, 0.1) is 19.0 Å². The van der Waals surface area contributed by atoms with Gasteiger partial charge in [0.2, 0.25) is 11.8 Å². The van der Waals surface area contributed by atoms with Gasteiger partial charge in [0.1, 0.15) is 0 Å². The molecule has 1 aliphatic rings. The van der Waals surface area contributed by atoms with E-state index in [1.165, 1.54) is 0 Å². The Morgan fingerprint density at radius 2 is 1.52 bits per heavy atom. The predicted octanol–water partition coefficient (Wildman–Crippen LogP) is 5.83. The van der Waals surface area contributed by atoms with E-state index in [0.717, 1.165) is 48.1 Å². The van der Waals surface area contributed by atoms with Crippen molar-refractivity contribution in [2.24, 2.45) is 5.92 Å². The largest absolute Gasteiger partial charge is 0.349 e. The van der Waals surface area contributed by atoms with Gasteiger partial charge >= 0.3 is 0 Å². The van der Waals surface area contributed by atoms with E-state index in [0.29, 0.717) is 6.54 Å². The molecule has 3 aromatic carbocycles. The van der Waals surface area contributed by atoms with Gasteiger partial charge in [0.25, 0.3) is 0 Å². The number of amides is 2. The Kier molecular flexibility index (Phi) is 7.56. The summed E-state index contributed by atoms with van der Waals surface area (Å²) in [5, 5.41) is 3.08. The van der Waals surface area contributed by atoms with Crippen molar-refractivity contribution < 1.29 is 9.59 Å². The molecule has 0 aromatic heterocycles. The van der Waals surface area contributed by atoms with Gasteiger partial charge in [-0.05, 0) is 48.6 Å². The van der Waals surface area contributed by atoms with Gasteiger partial charge in [0, 0.05) is 11.6 Å². The first kappa shape index (κ1) is 22.8. The molecule has 4 nitrogen and oxygen atoms in total. The number of anilines is 1. The van der Waals surface area contributed by atoms with E-state index in [9.17, 15) is 9.59 Å². The van der Waals surface area contributed by atoms with Crippen molar-refractivity contribution in [1.82, 2.24) is 5.32 Å². The molecule has 1 fully saturated rings. The Bertz CT molecular complexity index is 1060. The molecular weight excluding hydrogens is 408 g/mol. The minimum absolute atomic E-state index is 0.0276. The van der Waals surface area contributed by atoms with Crippen LogP contribution in [0.3, 0.4) is 0 Å². The molecule has 0 bridgehead atoms. The number of hydrogen-bond donors (Lipinski definition) is 1. The molecule has 4 heteroatoms. The Labute approximate surface area is 196 Å². The maximum Gasteiger partial charge on any atom is 0.230 e. The van der Waals surface area contributed by atoms with E-state index in [2.05, 4.69) is 17.4 Å². The van der Waals surface area contributed by atoms with E-state index in [1.807, 2.05) is 84.6 Å². The quantitative estimate of drug-likeness (QED) is 0.479. The highest BCUT2D eigenvalue weighted by atomic mass is 16.2. The second-order valence-corrected chi connectivity index (χ2v) is 8.94. The van der Waals surface area contributed by atoms with Crippen molar-refractivity contribution in [3.05, 3.63) is 102 Å². The standard InChI is InChI=1S/C29H32N2O2/c1-22(25-14-6-3-7-15-25)30-28(32)20-24-13-10-18-27(19-24)31(21-23-11-4-2-5-12-23)29(33)26-16-8-9-17-26/h2-7,10-15,18-19,22,26H,8-9,16-17,20-21H2,1H3,(H,30,32)/t22-/m1/s1. The van der Waals surface area contributed by atoms with Crippen LogP contribution in [0.2, 0.25) is 0 Å². The molecule has 3 aromatic rings. The Balaban J connectivity index is 1.49. The molecule has 0 radical (unpaired) electrons. The predicted molar refractivity (Wildman–Crippen MR) is 133 cm³/mol. The van der Waals surface area contributed by atoms with Crippen LogP contribution in [0.1, 0.15) is 55.3 Å². The fourth-order valence-corrected chi connectivity index (χ4v) is 4.59. The summed E-state index contributed by atoms with van der Waals surface area (Å²) in [5.41, 5.74) is 3.94. The van der Waals surface area contributed by atoms with Crippen LogP contribution in [-0.4, -0.2) is 11.8 Å². The third-order valence-electron chi connectivity index (χ3n) is 6.42. The minimum Gasteiger partial charge on any atom is -0.349 e. The molecule has 0 heterocycles. The highest BCUT2D eigenvalue weighted by Gasteiger charge is 2.28. The van der Waals surface area contributed by atoms with Gasteiger partial charge in [-0.3, -0.25) is 9.59 Å². The first-order valence-corrected chi connectivity index (χ1v) is 11.9. The summed E-state index contributed by atoms with van der Waals surface area (Å²) in [6.07, 6.45) is 4.44. The molecule has 170 valence electrons. The molecule has 0 saturated heterocycles. The van der Waals surface area contributed by atoms with Crippen LogP contribution in [-0.2, 0) is 22.6 Å². The van der Waals surface area contributed by atoms with Crippen molar-refractivity contribution in [1.29, 1.82) is 0 Å². The normalized spacial score (nSPS) is 14.6. The van der Waals surface area contributed by atoms with Crippen LogP contribution < -0.4 is 10.2 Å². The summed E-state index contributed by atoms with van der Waals surface area (Å²) >= 11 is 0. The zero-order valence-corrected chi connectivity index (χ0v) is 19.2. The summed E-state index contributed by atoms with van der Waals surface area (Å²) in [4.78, 5) is 28.1. The fourth-order valence-electron chi connectivity index (χ4n) is 4.59. The monoisotopic (exact) mass is 440 g/mol.